The molecule has 0 bridgehead atoms. The van der Waals surface area contributed by atoms with E-state index in [1.807, 2.05) is 97.1 Å². The number of aryl methyl sites for hydroxylation is 3. The zero-order valence-electron chi connectivity index (χ0n) is 37.1. The Kier molecular flexibility index (Phi) is 10.3. The molecule has 3 aromatic heterocycles. The molecule has 0 atom stereocenters. The van der Waals surface area contributed by atoms with Gasteiger partial charge in [0.05, 0.1) is 16.7 Å². The summed E-state index contributed by atoms with van der Waals surface area (Å²) in [4.78, 5) is 41.6. The monoisotopic (exact) mass is 862 g/mol. The highest BCUT2D eigenvalue weighted by atomic mass is 16.4. The van der Waals surface area contributed by atoms with Gasteiger partial charge in [0.1, 0.15) is 16.7 Å². The Morgan fingerprint density at radius 1 is 0.303 bits per heavy atom. The van der Waals surface area contributed by atoms with Crippen LogP contribution in [0, 0.1) is 0 Å². The fraction of sp³-hybridized carbons (Fsp3) is 0.150. The van der Waals surface area contributed by atoms with Crippen LogP contribution in [0.5, 0.6) is 0 Å². The van der Waals surface area contributed by atoms with Gasteiger partial charge in [-0.3, -0.25) is 0 Å². The first-order valence-corrected chi connectivity index (χ1v) is 23.0. The van der Waals surface area contributed by atoms with E-state index < -0.39 is 16.9 Å². The Hall–Kier alpha value is -7.83. The molecule has 0 saturated heterocycles. The molecule has 0 aliphatic heterocycles. The van der Waals surface area contributed by atoms with Crippen LogP contribution >= 0.6 is 0 Å². The fourth-order valence-electron chi connectivity index (χ4n) is 9.82. The normalized spacial score (nSPS) is 11.8. The topological polar surface area (TPSA) is 90.6 Å². The molecule has 6 heteroatoms. The van der Waals surface area contributed by atoms with Crippen molar-refractivity contribution in [1.82, 2.24) is 0 Å². The quantitative estimate of drug-likeness (QED) is 0.100. The molecule has 0 unspecified atom stereocenters. The Labute approximate surface area is 380 Å². The maximum Gasteiger partial charge on any atom is 0.344 e. The van der Waals surface area contributed by atoms with Crippen molar-refractivity contribution >= 4 is 65.2 Å². The van der Waals surface area contributed by atoms with Crippen molar-refractivity contribution < 1.29 is 13.3 Å². The van der Waals surface area contributed by atoms with Gasteiger partial charge in [-0.15, -0.1) is 0 Å². The minimum Gasteiger partial charge on any atom is -0.422 e. The molecule has 0 aliphatic carbocycles. The van der Waals surface area contributed by atoms with E-state index in [1.165, 1.54) is 16.7 Å². The molecule has 0 amide bonds. The minimum atomic E-state index is -0.487. The van der Waals surface area contributed by atoms with Crippen molar-refractivity contribution in [1.29, 1.82) is 0 Å². The molecule has 0 radical (unpaired) electrons. The number of benzene rings is 8. The van der Waals surface area contributed by atoms with Crippen LogP contribution in [-0.4, -0.2) is 0 Å². The van der Waals surface area contributed by atoms with Gasteiger partial charge in [-0.25, -0.2) is 14.4 Å². The second-order valence-corrected chi connectivity index (χ2v) is 17.6. The van der Waals surface area contributed by atoms with Crippen LogP contribution in [0.15, 0.2) is 179 Å². The summed E-state index contributed by atoms with van der Waals surface area (Å²) >= 11 is 0. The number of rotatable bonds is 10. The van der Waals surface area contributed by atoms with E-state index in [9.17, 15) is 14.4 Å². The Bertz CT molecular complexity index is 3760. The summed E-state index contributed by atoms with van der Waals surface area (Å²) in [5.41, 5.74) is 8.60. The van der Waals surface area contributed by atoms with Crippen LogP contribution < -0.4 is 16.9 Å². The van der Waals surface area contributed by atoms with Crippen molar-refractivity contribution in [3.05, 3.63) is 200 Å². The van der Waals surface area contributed by atoms with E-state index in [2.05, 4.69) is 75.4 Å². The third-order valence-electron chi connectivity index (χ3n) is 13.1. The highest BCUT2D eigenvalue weighted by Gasteiger charge is 2.18. The van der Waals surface area contributed by atoms with Crippen LogP contribution in [0.1, 0.15) is 56.7 Å². The zero-order valence-corrected chi connectivity index (χ0v) is 37.1. The third kappa shape index (κ3) is 7.29. The highest BCUT2D eigenvalue weighted by Crippen LogP contribution is 2.37. The van der Waals surface area contributed by atoms with Crippen LogP contribution in [0.25, 0.3) is 110 Å². The van der Waals surface area contributed by atoms with E-state index in [-0.39, 0.29) is 0 Å². The average Bonchev–Trinajstić information content (AvgIpc) is 3.33. The van der Waals surface area contributed by atoms with Crippen molar-refractivity contribution in [2.24, 2.45) is 0 Å². The lowest BCUT2D eigenvalue weighted by Gasteiger charge is -2.13. The summed E-state index contributed by atoms with van der Waals surface area (Å²) in [6.45, 7) is 6.51. The second kappa shape index (κ2) is 16.6. The summed E-state index contributed by atoms with van der Waals surface area (Å²) in [6, 6.07) is 50.2. The van der Waals surface area contributed by atoms with Crippen LogP contribution in [0.4, 0.5) is 0 Å². The summed E-state index contributed by atoms with van der Waals surface area (Å²) in [6.07, 6.45) is 6.10. The summed E-state index contributed by atoms with van der Waals surface area (Å²) in [5.74, 6) is 0. The largest absolute Gasteiger partial charge is 0.422 e. The Morgan fingerprint density at radius 3 is 1.00 bits per heavy atom. The fourth-order valence-corrected chi connectivity index (χ4v) is 9.82. The number of fused-ring (bicyclic) bond motifs is 9. The van der Waals surface area contributed by atoms with Crippen LogP contribution in [-0.2, 0) is 19.3 Å². The third-order valence-corrected chi connectivity index (χ3v) is 13.1. The second-order valence-electron chi connectivity index (χ2n) is 17.6. The Morgan fingerprint density at radius 2 is 0.636 bits per heavy atom. The smallest absolute Gasteiger partial charge is 0.344 e. The van der Waals surface area contributed by atoms with E-state index in [0.717, 1.165) is 98.1 Å². The lowest BCUT2D eigenvalue weighted by Crippen LogP contribution is -2.05. The molecule has 0 saturated carbocycles. The standard InChI is InChI=1S/C60H46O6/c1-4-7-35-10-20-46-40(26-35)17-23-55-52(46)32-49(58(61)64-55)39-15-13-38(14-16-39)43-29-44(50-33-53-47-21-11-36(8-5-2)27-41(47)18-24-56(53)65-59(50)62)31-45(30-43)51-34-54-48-22-12-37(9-6-3)28-42(48)19-25-57(54)66-60(51)63/h10-34H,4-9H2,1-3H3. The molecule has 0 N–H and O–H groups in total. The van der Waals surface area contributed by atoms with Gasteiger partial charge in [-0.2, -0.15) is 0 Å². The maximum absolute atomic E-state index is 14.0. The first-order valence-electron chi connectivity index (χ1n) is 23.0. The summed E-state index contributed by atoms with van der Waals surface area (Å²) in [5, 5.41) is 8.76. The molecule has 11 aromatic rings. The van der Waals surface area contributed by atoms with E-state index in [4.69, 9.17) is 13.3 Å². The molecule has 11 rings (SSSR count). The molecule has 0 fully saturated rings. The SMILES string of the molecule is CCCc1ccc2c(ccc3oc(=O)c(-c4ccc(-c5cc(-c6cc7c(ccc8cc(CCC)ccc87)oc6=O)cc(-c6cc7c(ccc8cc(CCC)ccc87)oc6=O)c5)cc4)cc32)c1. The van der Waals surface area contributed by atoms with E-state index >= 15 is 0 Å². The minimum absolute atomic E-state index is 0.370. The number of hydrogen-bond donors (Lipinski definition) is 0. The predicted molar refractivity (Wildman–Crippen MR) is 271 cm³/mol. The summed E-state index contributed by atoms with van der Waals surface area (Å²) in [7, 11) is 0. The average molecular weight is 863 g/mol. The molecule has 322 valence electrons. The summed E-state index contributed by atoms with van der Waals surface area (Å²) < 4.78 is 18.0. The van der Waals surface area contributed by atoms with Gasteiger partial charge in [0.2, 0.25) is 0 Å². The van der Waals surface area contributed by atoms with E-state index in [0.29, 0.717) is 50.1 Å². The first kappa shape index (κ1) is 40.9. The van der Waals surface area contributed by atoms with Gasteiger partial charge >= 0.3 is 16.9 Å². The molecule has 0 aliphatic rings. The van der Waals surface area contributed by atoms with Crippen molar-refractivity contribution in [2.45, 2.75) is 59.3 Å². The lowest BCUT2D eigenvalue weighted by atomic mass is 9.92. The van der Waals surface area contributed by atoms with Gasteiger partial charge in [-0.05, 0) is 151 Å². The Balaban J connectivity index is 1.07. The molecule has 6 nitrogen and oxygen atoms in total. The van der Waals surface area contributed by atoms with Gasteiger partial charge in [0.15, 0.2) is 0 Å². The van der Waals surface area contributed by atoms with E-state index in [1.54, 1.807) is 0 Å². The molecule has 8 aromatic carbocycles. The van der Waals surface area contributed by atoms with Crippen LogP contribution in [0.3, 0.4) is 0 Å². The van der Waals surface area contributed by atoms with Gasteiger partial charge < -0.3 is 13.3 Å². The lowest BCUT2D eigenvalue weighted by molar-refractivity contribution is 0.563. The predicted octanol–water partition coefficient (Wildman–Crippen LogP) is 15.0. The van der Waals surface area contributed by atoms with Crippen molar-refractivity contribution in [2.75, 3.05) is 0 Å². The highest BCUT2D eigenvalue weighted by molar-refractivity contribution is 6.09. The molecule has 3 heterocycles. The molecule has 0 spiro atoms. The van der Waals surface area contributed by atoms with Crippen LogP contribution in [0.2, 0.25) is 0 Å². The van der Waals surface area contributed by atoms with Crippen molar-refractivity contribution in [3.63, 3.8) is 0 Å². The maximum atomic E-state index is 14.0. The van der Waals surface area contributed by atoms with Gasteiger partial charge in [0, 0.05) is 16.2 Å². The van der Waals surface area contributed by atoms with Gasteiger partial charge in [0.25, 0.3) is 0 Å². The van der Waals surface area contributed by atoms with Gasteiger partial charge in [-0.1, -0.05) is 137 Å². The number of hydrogen-bond acceptors (Lipinski definition) is 6. The molecule has 66 heavy (non-hydrogen) atoms. The molecular weight excluding hydrogens is 817 g/mol. The molecular formula is C60H46O6. The first-order chi connectivity index (χ1) is 32.2. The zero-order chi connectivity index (χ0) is 45.1. The van der Waals surface area contributed by atoms with Crippen molar-refractivity contribution in [3.8, 4) is 44.5 Å².